The number of anilines is 1. The molecule has 1 aliphatic rings. The molecular weight excluding hydrogens is 447 g/mol. The van der Waals surface area contributed by atoms with Crippen LogP contribution >= 0.6 is 0 Å². The standard InChI is InChI=1S/C23H22F3N7O/c1-13-6-20(34)33-21(29-13)14(2)15(3)22(30-33)31-5-4-19-17(10-31)7-16(8-27-19)18-9-28-32(11-18)12-23(24,25)26/h6-9,11H,4-5,10,12H2,1-3H3. The van der Waals surface area contributed by atoms with Gasteiger partial charge < -0.3 is 4.90 Å². The molecule has 11 heteroatoms. The number of pyridine rings is 1. The van der Waals surface area contributed by atoms with Gasteiger partial charge in [-0.05, 0) is 32.4 Å². The van der Waals surface area contributed by atoms with E-state index in [9.17, 15) is 18.0 Å². The summed E-state index contributed by atoms with van der Waals surface area (Å²) in [6.45, 7) is 5.72. The zero-order valence-electron chi connectivity index (χ0n) is 18.9. The largest absolute Gasteiger partial charge is 0.408 e. The third-order valence-electron chi connectivity index (χ3n) is 6.10. The summed E-state index contributed by atoms with van der Waals surface area (Å²) in [4.78, 5) is 23.7. The summed E-state index contributed by atoms with van der Waals surface area (Å²) in [7, 11) is 0. The van der Waals surface area contributed by atoms with Gasteiger partial charge in [-0.15, -0.1) is 5.10 Å². The first-order valence-corrected chi connectivity index (χ1v) is 10.8. The van der Waals surface area contributed by atoms with Gasteiger partial charge in [0.1, 0.15) is 6.54 Å². The Morgan fingerprint density at radius 3 is 2.62 bits per heavy atom. The molecule has 0 amide bonds. The van der Waals surface area contributed by atoms with Crippen LogP contribution in [-0.4, -0.2) is 42.1 Å². The summed E-state index contributed by atoms with van der Waals surface area (Å²) < 4.78 is 40.2. The van der Waals surface area contributed by atoms with Gasteiger partial charge in [-0.2, -0.15) is 22.8 Å². The Hall–Kier alpha value is -3.76. The van der Waals surface area contributed by atoms with Gasteiger partial charge in [-0.1, -0.05) is 0 Å². The molecule has 5 rings (SSSR count). The monoisotopic (exact) mass is 469 g/mol. The van der Waals surface area contributed by atoms with E-state index in [1.807, 2.05) is 19.9 Å². The summed E-state index contributed by atoms with van der Waals surface area (Å²) in [5.41, 5.74) is 5.95. The minimum absolute atomic E-state index is 0.232. The summed E-state index contributed by atoms with van der Waals surface area (Å²) in [5, 5.41) is 8.45. The van der Waals surface area contributed by atoms with Crippen molar-refractivity contribution in [3.63, 3.8) is 0 Å². The highest BCUT2D eigenvalue weighted by Gasteiger charge is 2.28. The van der Waals surface area contributed by atoms with Crippen LogP contribution in [0.5, 0.6) is 0 Å². The number of aromatic nitrogens is 6. The van der Waals surface area contributed by atoms with Crippen LogP contribution in [0.1, 0.15) is 28.1 Å². The van der Waals surface area contributed by atoms with Crippen molar-refractivity contribution < 1.29 is 13.2 Å². The second kappa shape index (κ2) is 7.93. The molecule has 176 valence electrons. The van der Waals surface area contributed by atoms with E-state index in [-0.39, 0.29) is 5.56 Å². The van der Waals surface area contributed by atoms with Crippen LogP contribution in [0.3, 0.4) is 0 Å². The van der Waals surface area contributed by atoms with E-state index in [0.717, 1.165) is 27.1 Å². The molecule has 5 heterocycles. The third-order valence-corrected chi connectivity index (χ3v) is 6.10. The van der Waals surface area contributed by atoms with Gasteiger partial charge in [0.15, 0.2) is 11.5 Å². The molecule has 0 saturated heterocycles. The van der Waals surface area contributed by atoms with Crippen LogP contribution in [0, 0.1) is 20.8 Å². The van der Waals surface area contributed by atoms with Gasteiger partial charge in [-0.3, -0.25) is 14.5 Å². The lowest BCUT2D eigenvalue weighted by molar-refractivity contribution is -0.142. The van der Waals surface area contributed by atoms with Gasteiger partial charge in [0, 0.05) is 71.6 Å². The van der Waals surface area contributed by atoms with Crippen LogP contribution < -0.4 is 10.5 Å². The van der Waals surface area contributed by atoms with Crippen molar-refractivity contribution in [2.45, 2.75) is 46.5 Å². The number of hydrogen-bond donors (Lipinski definition) is 0. The van der Waals surface area contributed by atoms with E-state index in [4.69, 9.17) is 0 Å². The summed E-state index contributed by atoms with van der Waals surface area (Å²) >= 11 is 0. The summed E-state index contributed by atoms with van der Waals surface area (Å²) in [6.07, 6.45) is 0.798. The molecular formula is C23H22F3N7O. The Kier molecular flexibility index (Phi) is 5.14. The molecule has 8 nitrogen and oxygen atoms in total. The first-order chi connectivity index (χ1) is 16.1. The fourth-order valence-electron chi connectivity index (χ4n) is 4.28. The van der Waals surface area contributed by atoms with Crippen LogP contribution in [0.2, 0.25) is 0 Å². The highest BCUT2D eigenvalue weighted by atomic mass is 19.4. The molecule has 0 fully saturated rings. The smallest absolute Gasteiger partial charge is 0.350 e. The molecule has 4 aromatic rings. The molecule has 0 radical (unpaired) electrons. The van der Waals surface area contributed by atoms with E-state index in [0.29, 0.717) is 47.8 Å². The molecule has 0 spiro atoms. The van der Waals surface area contributed by atoms with Crippen LogP contribution in [0.15, 0.2) is 35.5 Å². The SMILES string of the molecule is Cc1cc(=O)n2nc(N3CCc4ncc(-c5cnn(CC(F)(F)F)c5)cc4C3)c(C)c(C)c2n1. The van der Waals surface area contributed by atoms with E-state index in [2.05, 4.69) is 25.1 Å². The highest BCUT2D eigenvalue weighted by molar-refractivity contribution is 5.63. The lowest BCUT2D eigenvalue weighted by Crippen LogP contribution is -2.34. The number of rotatable bonds is 3. The maximum Gasteiger partial charge on any atom is 0.408 e. The van der Waals surface area contributed by atoms with Crippen molar-refractivity contribution in [3.05, 3.63) is 69.2 Å². The number of nitrogens with zero attached hydrogens (tertiary/aromatic N) is 7. The Bertz CT molecular complexity index is 1470. The van der Waals surface area contributed by atoms with Gasteiger partial charge in [0.2, 0.25) is 0 Å². The first kappa shape index (κ1) is 22.1. The minimum Gasteiger partial charge on any atom is -0.350 e. The quantitative estimate of drug-likeness (QED) is 0.458. The molecule has 0 bridgehead atoms. The van der Waals surface area contributed by atoms with Gasteiger partial charge in [-0.25, -0.2) is 4.98 Å². The van der Waals surface area contributed by atoms with Crippen molar-refractivity contribution in [2.24, 2.45) is 0 Å². The number of aryl methyl sites for hydroxylation is 2. The molecule has 0 aliphatic carbocycles. The Labute approximate surface area is 192 Å². The van der Waals surface area contributed by atoms with Gasteiger partial charge in [0.25, 0.3) is 5.56 Å². The van der Waals surface area contributed by atoms with Crippen LogP contribution in [0.4, 0.5) is 19.0 Å². The Morgan fingerprint density at radius 2 is 1.85 bits per heavy atom. The maximum absolute atomic E-state index is 12.7. The topological polar surface area (TPSA) is 81.2 Å². The van der Waals surface area contributed by atoms with Crippen LogP contribution in [0.25, 0.3) is 16.8 Å². The lowest BCUT2D eigenvalue weighted by Gasteiger charge is -2.31. The molecule has 1 aliphatic heterocycles. The number of fused-ring (bicyclic) bond motifs is 2. The Morgan fingerprint density at radius 1 is 1.06 bits per heavy atom. The fraction of sp³-hybridized carbons (Fsp3) is 0.348. The van der Waals surface area contributed by atoms with Crippen molar-refractivity contribution in [2.75, 3.05) is 11.4 Å². The fourth-order valence-corrected chi connectivity index (χ4v) is 4.28. The van der Waals surface area contributed by atoms with E-state index >= 15 is 0 Å². The number of halogens is 3. The number of hydrogen-bond acceptors (Lipinski definition) is 6. The molecule has 0 unspecified atom stereocenters. The molecule has 0 aromatic carbocycles. The van der Waals surface area contributed by atoms with E-state index in [1.54, 1.807) is 13.1 Å². The molecule has 0 saturated carbocycles. The summed E-state index contributed by atoms with van der Waals surface area (Å²) in [6, 6.07) is 3.39. The van der Waals surface area contributed by atoms with Crippen molar-refractivity contribution in [1.82, 2.24) is 29.4 Å². The predicted octanol–water partition coefficient (Wildman–Crippen LogP) is 3.40. The molecule has 4 aromatic heterocycles. The van der Waals surface area contributed by atoms with E-state index in [1.165, 1.54) is 23.0 Å². The lowest BCUT2D eigenvalue weighted by atomic mass is 10.0. The Balaban J connectivity index is 1.48. The third kappa shape index (κ3) is 4.02. The first-order valence-electron chi connectivity index (χ1n) is 10.8. The zero-order valence-corrected chi connectivity index (χ0v) is 18.9. The van der Waals surface area contributed by atoms with Crippen LogP contribution in [-0.2, 0) is 19.5 Å². The van der Waals surface area contributed by atoms with Crippen molar-refractivity contribution >= 4 is 11.5 Å². The zero-order chi connectivity index (χ0) is 24.2. The normalized spacial score (nSPS) is 14.0. The molecule has 0 atom stereocenters. The van der Waals surface area contributed by atoms with E-state index < -0.39 is 12.7 Å². The average Bonchev–Trinajstić information content (AvgIpc) is 3.22. The predicted molar refractivity (Wildman–Crippen MR) is 120 cm³/mol. The summed E-state index contributed by atoms with van der Waals surface area (Å²) in [5.74, 6) is 0.701. The minimum atomic E-state index is -4.34. The average molecular weight is 469 g/mol. The molecule has 34 heavy (non-hydrogen) atoms. The van der Waals surface area contributed by atoms with Gasteiger partial charge in [0.05, 0.1) is 6.20 Å². The second-order valence-electron chi connectivity index (χ2n) is 8.59. The maximum atomic E-state index is 12.7. The number of alkyl halides is 3. The highest BCUT2D eigenvalue weighted by Crippen LogP contribution is 2.29. The second-order valence-corrected chi connectivity index (χ2v) is 8.59. The van der Waals surface area contributed by atoms with Crippen molar-refractivity contribution in [1.29, 1.82) is 0 Å². The van der Waals surface area contributed by atoms with Gasteiger partial charge >= 0.3 is 6.18 Å². The van der Waals surface area contributed by atoms with Crippen molar-refractivity contribution in [3.8, 4) is 11.1 Å². The molecule has 0 N–H and O–H groups in total.